The summed E-state index contributed by atoms with van der Waals surface area (Å²) in [5.74, 6) is 0. The van der Waals surface area contributed by atoms with Crippen molar-refractivity contribution in [3.05, 3.63) is 242 Å². The Hall–Kier alpha value is -10.6. The van der Waals surface area contributed by atoms with Gasteiger partial charge in [0.15, 0.2) is 11.3 Å². The molecule has 19 rings (SSSR count). The van der Waals surface area contributed by atoms with E-state index < -0.39 is 0 Å². The summed E-state index contributed by atoms with van der Waals surface area (Å²) in [7, 11) is 0. The summed E-state index contributed by atoms with van der Waals surface area (Å²) in [6.45, 7) is 14.0. The molecule has 0 fully saturated rings. The second-order valence-electron chi connectivity index (χ2n) is 26.2. The molecule has 0 unspecified atom stereocenters. The van der Waals surface area contributed by atoms with Gasteiger partial charge in [0.25, 0.3) is 0 Å². The monoisotopic (exact) mass is 1100 g/mol. The zero-order chi connectivity index (χ0) is 57.2. The van der Waals surface area contributed by atoms with E-state index in [-0.39, 0.29) is 10.8 Å². The third kappa shape index (κ3) is 6.29. The Balaban J connectivity index is 0.965. The first kappa shape index (κ1) is 47.9. The molecule has 0 bridgehead atoms. The number of nitrogens with zero attached hydrogens (tertiary/aromatic N) is 6. The maximum absolute atomic E-state index is 6.12. The summed E-state index contributed by atoms with van der Waals surface area (Å²) in [6, 6.07) is 86.1. The van der Waals surface area contributed by atoms with Crippen LogP contribution >= 0.6 is 0 Å². The van der Waals surface area contributed by atoms with Gasteiger partial charge in [-0.05, 0) is 152 Å². The predicted molar refractivity (Wildman–Crippen MR) is 363 cm³/mol. The lowest BCUT2D eigenvalue weighted by Gasteiger charge is -2.19. The second-order valence-corrected chi connectivity index (χ2v) is 26.2. The zero-order valence-electron chi connectivity index (χ0n) is 48.6. The number of aromatic nitrogens is 6. The lowest BCUT2D eigenvalue weighted by molar-refractivity contribution is 0.591. The fourth-order valence-corrected chi connectivity index (χ4v) is 15.2. The van der Waals surface area contributed by atoms with E-state index in [2.05, 4.69) is 290 Å². The van der Waals surface area contributed by atoms with Crippen LogP contribution in [0.4, 0.5) is 0 Å². The highest BCUT2D eigenvalue weighted by Crippen LogP contribution is 2.51. The molecule has 86 heavy (non-hydrogen) atoms. The van der Waals surface area contributed by atoms with Crippen molar-refractivity contribution in [3.8, 4) is 33.6 Å². The van der Waals surface area contributed by atoms with Gasteiger partial charge in [-0.15, -0.1) is 0 Å². The average molecular weight is 1100 g/mol. The molecular weight excluding hydrogens is 1040 g/mol. The second kappa shape index (κ2) is 16.6. The number of fused-ring (bicyclic) bond motifs is 21. The van der Waals surface area contributed by atoms with Crippen molar-refractivity contribution in [1.82, 2.24) is 27.9 Å². The van der Waals surface area contributed by atoms with Crippen molar-refractivity contribution >= 4 is 142 Å². The van der Waals surface area contributed by atoms with Gasteiger partial charge >= 0.3 is 0 Å². The maximum atomic E-state index is 6.12. The summed E-state index contributed by atoms with van der Waals surface area (Å²) in [5.41, 5.74) is 22.1. The molecule has 12 aromatic carbocycles. The van der Waals surface area contributed by atoms with Crippen molar-refractivity contribution in [1.29, 1.82) is 0 Å². The molecule has 0 saturated heterocycles. The largest absolute Gasteiger partial charge is 0.309 e. The van der Waals surface area contributed by atoms with Gasteiger partial charge in [-0.2, -0.15) is 0 Å². The van der Waals surface area contributed by atoms with Crippen molar-refractivity contribution in [2.75, 3.05) is 0 Å². The summed E-state index contributed by atoms with van der Waals surface area (Å²) in [6.07, 6.45) is 0. The van der Waals surface area contributed by atoms with E-state index in [1.807, 2.05) is 0 Å². The molecule has 0 aliphatic rings. The molecule has 0 radical (unpaired) electrons. The highest BCUT2D eigenvalue weighted by atomic mass is 15.1. The van der Waals surface area contributed by atoms with Gasteiger partial charge in [0.1, 0.15) is 11.0 Å². The summed E-state index contributed by atoms with van der Waals surface area (Å²) in [5, 5.41) is 16.9. The Bertz CT molecular complexity index is 6100. The van der Waals surface area contributed by atoms with Gasteiger partial charge in [0.05, 0.1) is 44.1 Å². The lowest BCUT2D eigenvalue weighted by atomic mass is 9.85. The van der Waals surface area contributed by atoms with Crippen LogP contribution in [0.1, 0.15) is 52.7 Å². The van der Waals surface area contributed by atoms with Gasteiger partial charge in [0, 0.05) is 76.4 Å². The van der Waals surface area contributed by atoms with Crippen LogP contribution < -0.4 is 0 Å². The van der Waals surface area contributed by atoms with E-state index in [1.54, 1.807) is 0 Å². The van der Waals surface area contributed by atoms with Crippen LogP contribution in [0.15, 0.2) is 231 Å². The minimum absolute atomic E-state index is 0.156. The minimum atomic E-state index is -0.162. The standard InChI is InChI=1S/C80H56N6/c1-79(2,3)49-41-61-60-39-46-22-13-15-27-53(46)69(48-34-36-68-59(40-48)56-30-18-20-32-66(56)84(68)52-25-11-8-12-26-52)76(60)85-73(61)63(43-49)71-77(85)82-72-64-44-50(80(4,5)6)42-62-70-54-28-16-14-21-45(54)37-57(75(70)86(74(62)64)78(72)81-71)47-33-35-67-58(38-47)55-29-17-19-31-65(55)83(67)51-23-9-7-10-24-51/h7-44H,1-6H3. The van der Waals surface area contributed by atoms with Crippen LogP contribution in [0.25, 0.3) is 175 Å². The molecular formula is C80H56N6. The number of benzene rings is 12. The summed E-state index contributed by atoms with van der Waals surface area (Å²) in [4.78, 5) is 12.2. The Morgan fingerprint density at radius 2 is 0.733 bits per heavy atom. The molecule has 6 nitrogen and oxygen atoms in total. The molecule has 0 N–H and O–H groups in total. The maximum Gasteiger partial charge on any atom is 0.165 e. The van der Waals surface area contributed by atoms with Crippen molar-refractivity contribution < 1.29 is 0 Å². The van der Waals surface area contributed by atoms with Crippen LogP contribution in [0, 0.1) is 0 Å². The molecule has 0 saturated carbocycles. The van der Waals surface area contributed by atoms with Gasteiger partial charge < -0.3 is 9.13 Å². The Morgan fingerprint density at radius 1 is 0.302 bits per heavy atom. The highest BCUT2D eigenvalue weighted by Gasteiger charge is 2.31. The van der Waals surface area contributed by atoms with Crippen LogP contribution in [0.2, 0.25) is 0 Å². The molecule has 0 aliphatic heterocycles. The first-order valence-corrected chi connectivity index (χ1v) is 30.1. The van der Waals surface area contributed by atoms with E-state index in [1.165, 1.54) is 115 Å². The third-order valence-corrected chi connectivity index (χ3v) is 19.2. The lowest BCUT2D eigenvalue weighted by Crippen LogP contribution is -2.10. The van der Waals surface area contributed by atoms with Crippen LogP contribution in [0.5, 0.6) is 0 Å². The van der Waals surface area contributed by atoms with E-state index in [9.17, 15) is 0 Å². The van der Waals surface area contributed by atoms with E-state index >= 15 is 0 Å². The topological polar surface area (TPSA) is 44.5 Å². The molecule has 7 aromatic heterocycles. The first-order chi connectivity index (χ1) is 41.9. The molecule has 19 aromatic rings. The van der Waals surface area contributed by atoms with E-state index in [4.69, 9.17) is 9.97 Å². The summed E-state index contributed by atoms with van der Waals surface area (Å²) < 4.78 is 9.82. The fourth-order valence-electron chi connectivity index (χ4n) is 15.2. The predicted octanol–water partition coefficient (Wildman–Crippen LogP) is 21.2. The number of rotatable bonds is 4. The molecule has 6 heteroatoms. The fraction of sp³-hybridized carbons (Fsp3) is 0.100. The zero-order valence-corrected chi connectivity index (χ0v) is 48.6. The molecule has 0 atom stereocenters. The Labute approximate surface area is 494 Å². The van der Waals surface area contributed by atoms with Crippen LogP contribution in [-0.4, -0.2) is 27.9 Å². The molecule has 406 valence electrons. The Kier molecular flexibility index (Phi) is 9.25. The van der Waals surface area contributed by atoms with Gasteiger partial charge in [0.2, 0.25) is 0 Å². The van der Waals surface area contributed by atoms with E-state index in [0.29, 0.717) is 0 Å². The number of hydrogen-bond donors (Lipinski definition) is 0. The first-order valence-electron chi connectivity index (χ1n) is 30.1. The number of hydrogen-bond acceptors (Lipinski definition) is 2. The molecule has 7 heterocycles. The minimum Gasteiger partial charge on any atom is -0.309 e. The van der Waals surface area contributed by atoms with Gasteiger partial charge in [-0.3, -0.25) is 8.80 Å². The SMILES string of the molecule is CC(C)(C)c1cc2c3cc4ccccc4c(-c4ccc5c(c4)c4ccccc4n5-c4ccccc4)c3n3c4nc5c6cc(C(C)(C)C)cc7c8c9ccccc9cc(-c9ccc%10c(c9)c9ccccc9n%10-c9ccccc9)c8n(c5nc4c(c1)c23)c67. The number of para-hydroxylation sites is 4. The molecule has 0 aliphatic carbocycles. The van der Waals surface area contributed by atoms with Crippen molar-refractivity contribution in [3.63, 3.8) is 0 Å². The average Bonchev–Trinajstić information content (AvgIpc) is 1.52. The normalized spacial score (nSPS) is 13.0. The summed E-state index contributed by atoms with van der Waals surface area (Å²) >= 11 is 0. The van der Waals surface area contributed by atoms with E-state index in [0.717, 1.165) is 72.1 Å². The van der Waals surface area contributed by atoms with Crippen LogP contribution in [-0.2, 0) is 10.8 Å². The third-order valence-electron chi connectivity index (χ3n) is 19.2. The smallest absolute Gasteiger partial charge is 0.165 e. The van der Waals surface area contributed by atoms with Crippen molar-refractivity contribution in [2.24, 2.45) is 0 Å². The molecule has 0 spiro atoms. The molecule has 0 amide bonds. The quantitative estimate of drug-likeness (QED) is 0.176. The van der Waals surface area contributed by atoms with Crippen molar-refractivity contribution in [2.45, 2.75) is 52.4 Å². The highest BCUT2D eigenvalue weighted by molar-refractivity contribution is 6.33. The van der Waals surface area contributed by atoms with Gasteiger partial charge in [-0.25, -0.2) is 9.97 Å². The van der Waals surface area contributed by atoms with Crippen LogP contribution in [0.3, 0.4) is 0 Å². The van der Waals surface area contributed by atoms with Gasteiger partial charge in [-0.1, -0.05) is 175 Å². The Morgan fingerprint density at radius 3 is 1.31 bits per heavy atom.